The zero-order valence-electron chi connectivity index (χ0n) is 13.3. The van der Waals surface area contributed by atoms with Crippen molar-refractivity contribution in [3.05, 3.63) is 29.3 Å². The van der Waals surface area contributed by atoms with Crippen LogP contribution in [0.25, 0.3) is 0 Å². The molecule has 112 valence electrons. The van der Waals surface area contributed by atoms with Crippen LogP contribution in [0.2, 0.25) is 0 Å². The van der Waals surface area contributed by atoms with Gasteiger partial charge in [-0.1, -0.05) is 19.9 Å². The van der Waals surface area contributed by atoms with E-state index < -0.39 is 6.10 Å². The predicted molar refractivity (Wildman–Crippen MR) is 82.1 cm³/mol. The number of hydrogen-bond acceptors (Lipinski definition) is 3. The van der Waals surface area contributed by atoms with E-state index in [0.29, 0.717) is 12.0 Å². The summed E-state index contributed by atoms with van der Waals surface area (Å²) in [5, 5.41) is 10.7. The Morgan fingerprint density at radius 3 is 2.60 bits per heavy atom. The van der Waals surface area contributed by atoms with Gasteiger partial charge in [-0.15, -0.1) is 0 Å². The molecule has 2 rings (SSSR count). The molecule has 0 fully saturated rings. The maximum absolute atomic E-state index is 10.7. The number of likely N-dealkylation sites (N-methyl/N-ethyl adjacent to an activating group) is 1. The number of hydrogen-bond donors (Lipinski definition) is 1. The number of benzene rings is 1. The quantitative estimate of drug-likeness (QED) is 0.918. The molecule has 0 aliphatic heterocycles. The summed E-state index contributed by atoms with van der Waals surface area (Å²) < 4.78 is 5.29. The average molecular weight is 277 g/mol. The standard InChI is InChI=1S/C17H27NO2/c1-11(2)12(3)18(4)16-9-7-13-6-8-14(20-5)10-15(13)17(16)19/h6,8,10-12,16-17,19H,7,9H2,1-5H3. The molecule has 0 heterocycles. The van der Waals surface area contributed by atoms with Gasteiger partial charge in [0.2, 0.25) is 0 Å². The zero-order chi connectivity index (χ0) is 14.9. The number of methoxy groups -OCH3 is 1. The minimum absolute atomic E-state index is 0.187. The van der Waals surface area contributed by atoms with Crippen molar-refractivity contribution in [2.45, 2.75) is 51.8 Å². The second-order valence-electron chi connectivity index (χ2n) is 6.27. The van der Waals surface area contributed by atoms with Gasteiger partial charge in [0.1, 0.15) is 5.75 Å². The highest BCUT2D eigenvalue weighted by molar-refractivity contribution is 5.39. The number of rotatable bonds is 4. The van der Waals surface area contributed by atoms with Crippen molar-refractivity contribution in [3.63, 3.8) is 0 Å². The minimum Gasteiger partial charge on any atom is -0.497 e. The lowest BCUT2D eigenvalue weighted by molar-refractivity contribution is 0.0213. The highest BCUT2D eigenvalue weighted by Crippen LogP contribution is 2.35. The molecule has 3 unspecified atom stereocenters. The fourth-order valence-corrected chi connectivity index (χ4v) is 3.07. The second-order valence-corrected chi connectivity index (χ2v) is 6.27. The first-order chi connectivity index (χ1) is 9.45. The molecule has 0 bridgehead atoms. The molecule has 1 N–H and O–H groups in total. The van der Waals surface area contributed by atoms with Gasteiger partial charge in [-0.05, 0) is 56.0 Å². The second kappa shape index (κ2) is 6.15. The highest BCUT2D eigenvalue weighted by Gasteiger charge is 2.33. The third-order valence-electron chi connectivity index (χ3n) is 4.88. The Kier molecular flexibility index (Phi) is 4.71. The summed E-state index contributed by atoms with van der Waals surface area (Å²) in [6.07, 6.45) is 1.60. The fraction of sp³-hybridized carbons (Fsp3) is 0.647. The van der Waals surface area contributed by atoms with E-state index >= 15 is 0 Å². The Hall–Kier alpha value is -1.06. The summed E-state index contributed by atoms with van der Waals surface area (Å²) in [6, 6.07) is 6.69. The van der Waals surface area contributed by atoms with Crippen molar-refractivity contribution < 1.29 is 9.84 Å². The van der Waals surface area contributed by atoms with Crippen LogP contribution in [0.5, 0.6) is 5.75 Å². The van der Waals surface area contributed by atoms with Crippen molar-refractivity contribution in [2.24, 2.45) is 5.92 Å². The summed E-state index contributed by atoms with van der Waals surface area (Å²) in [5.41, 5.74) is 2.28. The Labute approximate surface area is 122 Å². The summed E-state index contributed by atoms with van der Waals surface area (Å²) in [4.78, 5) is 2.33. The fourth-order valence-electron chi connectivity index (χ4n) is 3.07. The molecule has 1 aromatic carbocycles. The van der Waals surface area contributed by atoms with E-state index in [2.05, 4.69) is 38.8 Å². The Morgan fingerprint density at radius 1 is 1.30 bits per heavy atom. The lowest BCUT2D eigenvalue weighted by atomic mass is 9.84. The van der Waals surface area contributed by atoms with E-state index in [1.165, 1.54) is 5.56 Å². The van der Waals surface area contributed by atoms with Gasteiger partial charge in [0.05, 0.1) is 13.2 Å². The molecule has 20 heavy (non-hydrogen) atoms. The molecule has 1 aromatic rings. The number of aryl methyl sites for hydroxylation is 1. The van der Waals surface area contributed by atoms with Crippen LogP contribution in [0.4, 0.5) is 0 Å². The van der Waals surface area contributed by atoms with Crippen LogP contribution in [0.3, 0.4) is 0 Å². The number of nitrogens with zero attached hydrogens (tertiary/aromatic N) is 1. The third kappa shape index (κ3) is 2.84. The first-order valence-corrected chi connectivity index (χ1v) is 7.52. The summed E-state index contributed by atoms with van der Waals surface area (Å²) in [6.45, 7) is 6.69. The largest absolute Gasteiger partial charge is 0.497 e. The van der Waals surface area contributed by atoms with Crippen molar-refractivity contribution in [2.75, 3.05) is 14.2 Å². The lowest BCUT2D eigenvalue weighted by Gasteiger charge is -2.41. The van der Waals surface area contributed by atoms with Crippen LogP contribution in [-0.2, 0) is 6.42 Å². The van der Waals surface area contributed by atoms with Crippen LogP contribution in [0.1, 0.15) is 44.4 Å². The van der Waals surface area contributed by atoms with Crippen LogP contribution in [-0.4, -0.2) is 36.2 Å². The summed E-state index contributed by atoms with van der Waals surface area (Å²) >= 11 is 0. The minimum atomic E-state index is -0.431. The van der Waals surface area contributed by atoms with Crippen molar-refractivity contribution in [3.8, 4) is 5.75 Å². The van der Waals surface area contributed by atoms with Crippen LogP contribution in [0, 0.1) is 5.92 Å². The van der Waals surface area contributed by atoms with Gasteiger partial charge in [0.25, 0.3) is 0 Å². The normalized spacial score (nSPS) is 23.8. The molecule has 3 heteroatoms. The monoisotopic (exact) mass is 277 g/mol. The molecule has 3 atom stereocenters. The maximum Gasteiger partial charge on any atom is 0.119 e. The first kappa shape index (κ1) is 15.3. The van der Waals surface area contributed by atoms with Gasteiger partial charge in [0, 0.05) is 12.1 Å². The maximum atomic E-state index is 10.7. The topological polar surface area (TPSA) is 32.7 Å². The van der Waals surface area contributed by atoms with Crippen LogP contribution < -0.4 is 4.74 Å². The molecule has 0 saturated heterocycles. The summed E-state index contributed by atoms with van der Waals surface area (Å²) in [5.74, 6) is 1.40. The Morgan fingerprint density at radius 2 is 2.00 bits per heavy atom. The van der Waals surface area contributed by atoms with E-state index in [-0.39, 0.29) is 6.04 Å². The molecular formula is C17H27NO2. The smallest absolute Gasteiger partial charge is 0.119 e. The number of ether oxygens (including phenoxy) is 1. The third-order valence-corrected chi connectivity index (χ3v) is 4.88. The van der Waals surface area contributed by atoms with Gasteiger partial charge < -0.3 is 9.84 Å². The summed E-state index contributed by atoms with van der Waals surface area (Å²) in [7, 11) is 3.80. The number of aliphatic hydroxyl groups is 1. The van der Waals surface area contributed by atoms with Gasteiger partial charge in [-0.2, -0.15) is 0 Å². The van der Waals surface area contributed by atoms with Crippen LogP contribution >= 0.6 is 0 Å². The van der Waals surface area contributed by atoms with Crippen molar-refractivity contribution >= 4 is 0 Å². The Bertz CT molecular complexity index is 458. The molecule has 1 aliphatic carbocycles. The first-order valence-electron chi connectivity index (χ1n) is 7.52. The van der Waals surface area contributed by atoms with Crippen LogP contribution in [0.15, 0.2) is 18.2 Å². The molecule has 0 spiro atoms. The zero-order valence-corrected chi connectivity index (χ0v) is 13.3. The average Bonchev–Trinajstić information content (AvgIpc) is 2.45. The molecule has 0 amide bonds. The van der Waals surface area contributed by atoms with E-state index in [1.54, 1.807) is 7.11 Å². The lowest BCUT2D eigenvalue weighted by Crippen LogP contribution is -2.46. The van der Waals surface area contributed by atoms with Gasteiger partial charge >= 0.3 is 0 Å². The van der Waals surface area contributed by atoms with Gasteiger partial charge in [-0.3, -0.25) is 4.90 Å². The van der Waals surface area contributed by atoms with Gasteiger partial charge in [0.15, 0.2) is 0 Å². The molecule has 1 aliphatic rings. The van der Waals surface area contributed by atoms with Crippen molar-refractivity contribution in [1.29, 1.82) is 0 Å². The molecule has 0 saturated carbocycles. The van der Waals surface area contributed by atoms with E-state index in [4.69, 9.17) is 4.74 Å². The molecule has 3 nitrogen and oxygen atoms in total. The Balaban J connectivity index is 2.24. The van der Waals surface area contributed by atoms with E-state index in [1.807, 2.05) is 12.1 Å². The molecular weight excluding hydrogens is 250 g/mol. The van der Waals surface area contributed by atoms with E-state index in [9.17, 15) is 5.11 Å². The molecule has 0 radical (unpaired) electrons. The number of fused-ring (bicyclic) bond motifs is 1. The SMILES string of the molecule is COc1ccc2c(c1)C(O)C(N(C)C(C)C(C)C)CC2. The highest BCUT2D eigenvalue weighted by atomic mass is 16.5. The van der Waals surface area contributed by atoms with E-state index in [0.717, 1.165) is 24.2 Å². The van der Waals surface area contributed by atoms with Crippen molar-refractivity contribution in [1.82, 2.24) is 4.90 Å². The van der Waals surface area contributed by atoms with Gasteiger partial charge in [-0.25, -0.2) is 0 Å². The predicted octanol–water partition coefficient (Wildman–Crippen LogP) is 3.02. The number of aliphatic hydroxyl groups excluding tert-OH is 1. The molecule has 0 aromatic heterocycles.